The Hall–Kier alpha value is -4.71. The first-order chi connectivity index (χ1) is 18.0. The van der Waals surface area contributed by atoms with Gasteiger partial charge in [-0.3, -0.25) is 4.79 Å². The van der Waals surface area contributed by atoms with Crippen molar-refractivity contribution in [1.29, 1.82) is 0 Å². The number of pyridine rings is 1. The smallest absolute Gasteiger partial charge is 0.257 e. The van der Waals surface area contributed by atoms with E-state index in [2.05, 4.69) is 23.4 Å². The first-order valence-electron chi connectivity index (χ1n) is 12.3. The molecular weight excluding hydrogens is 460 g/mol. The number of ether oxygens (including phenoxy) is 1. The van der Waals surface area contributed by atoms with E-state index < -0.39 is 0 Å². The lowest BCUT2D eigenvalue weighted by atomic mass is 10.0. The Morgan fingerprint density at radius 1 is 0.946 bits per heavy atom. The highest BCUT2D eigenvalue weighted by Gasteiger charge is 2.17. The highest BCUT2D eigenvalue weighted by molar-refractivity contribution is 6.29. The van der Waals surface area contributed by atoms with Gasteiger partial charge in [0.15, 0.2) is 5.82 Å². The van der Waals surface area contributed by atoms with E-state index in [1.165, 1.54) is 0 Å². The molecule has 1 amide bonds. The maximum absolute atomic E-state index is 13.7. The minimum absolute atomic E-state index is 0.237. The lowest BCUT2D eigenvalue weighted by Crippen LogP contribution is -2.17. The number of carbonyl (C=O) groups excluding carboxylic acids is 1. The topological polar surface area (TPSA) is 69.0 Å². The van der Waals surface area contributed by atoms with Crippen LogP contribution in [0.3, 0.4) is 0 Å². The number of hydrogen-bond donors (Lipinski definition) is 1. The third-order valence-electron chi connectivity index (χ3n) is 6.03. The van der Waals surface area contributed by atoms with Crippen LogP contribution < -0.4 is 10.1 Å². The van der Waals surface area contributed by atoms with E-state index in [1.807, 2.05) is 105 Å². The van der Waals surface area contributed by atoms with Crippen molar-refractivity contribution in [2.45, 2.75) is 20.8 Å². The molecule has 0 fully saturated rings. The van der Waals surface area contributed by atoms with Crippen LogP contribution >= 0.6 is 0 Å². The normalized spacial score (nSPS) is 11.5. The van der Waals surface area contributed by atoms with Crippen molar-refractivity contribution >= 4 is 34.3 Å². The number of aromatic nitrogens is 3. The van der Waals surface area contributed by atoms with Crippen LogP contribution in [0.2, 0.25) is 0 Å². The van der Waals surface area contributed by atoms with Crippen LogP contribution in [0.5, 0.6) is 5.75 Å². The number of carbonyl (C=O) groups is 1. The molecule has 5 rings (SSSR count). The van der Waals surface area contributed by atoms with Gasteiger partial charge in [0.05, 0.1) is 17.8 Å². The van der Waals surface area contributed by atoms with Gasteiger partial charge in [-0.1, -0.05) is 60.7 Å². The Morgan fingerprint density at radius 2 is 1.68 bits per heavy atom. The highest BCUT2D eigenvalue weighted by atomic mass is 16.5. The maximum Gasteiger partial charge on any atom is 0.257 e. The number of nitrogens with zero attached hydrogens (tertiary/aromatic N) is 3. The summed E-state index contributed by atoms with van der Waals surface area (Å²) in [5, 5.41) is 8.80. The molecule has 2 heterocycles. The number of rotatable bonds is 7. The van der Waals surface area contributed by atoms with Gasteiger partial charge in [-0.05, 0) is 67.8 Å². The van der Waals surface area contributed by atoms with Gasteiger partial charge in [0, 0.05) is 17.0 Å². The molecule has 0 aliphatic rings. The van der Waals surface area contributed by atoms with Crippen molar-refractivity contribution in [2.24, 2.45) is 0 Å². The monoisotopic (exact) mass is 488 g/mol. The Morgan fingerprint density at radius 3 is 2.43 bits per heavy atom. The summed E-state index contributed by atoms with van der Waals surface area (Å²) in [6.07, 6.45) is 1.88. The standard InChI is InChI=1S/C31H28N4O2/c1-4-37-25-16-14-23(15-17-25)20-27(24-10-6-5-7-11-24)31(36)33-30-19-22(3)34-35(30)29-18-21(2)26-12-8-9-13-28(26)32-29/h5-20H,4H2,1-3H3,(H,33,36)/b27-20+. The summed E-state index contributed by atoms with van der Waals surface area (Å²) >= 11 is 0. The molecule has 0 spiro atoms. The molecule has 0 saturated carbocycles. The summed E-state index contributed by atoms with van der Waals surface area (Å²) in [4.78, 5) is 18.5. The van der Waals surface area contributed by atoms with Gasteiger partial charge < -0.3 is 10.1 Å². The zero-order chi connectivity index (χ0) is 25.8. The Labute approximate surface area is 216 Å². The Balaban J connectivity index is 1.51. The average molecular weight is 489 g/mol. The predicted octanol–water partition coefficient (Wildman–Crippen LogP) is 6.62. The number of hydrogen-bond acceptors (Lipinski definition) is 4. The quantitative estimate of drug-likeness (QED) is 0.207. The van der Waals surface area contributed by atoms with Gasteiger partial charge >= 0.3 is 0 Å². The molecule has 0 aliphatic heterocycles. The molecule has 6 nitrogen and oxygen atoms in total. The second kappa shape index (κ2) is 10.5. The first-order valence-corrected chi connectivity index (χ1v) is 12.3. The van der Waals surface area contributed by atoms with E-state index in [9.17, 15) is 4.79 Å². The largest absolute Gasteiger partial charge is 0.494 e. The fourth-order valence-corrected chi connectivity index (χ4v) is 4.28. The number of amides is 1. The SMILES string of the molecule is CCOc1ccc(/C=C(/C(=O)Nc2cc(C)nn2-c2cc(C)c3ccccc3n2)c2ccccc2)cc1. The number of para-hydroxylation sites is 1. The summed E-state index contributed by atoms with van der Waals surface area (Å²) in [5.41, 5.74) is 5.00. The zero-order valence-corrected chi connectivity index (χ0v) is 21.1. The molecule has 184 valence electrons. The van der Waals surface area contributed by atoms with Gasteiger partial charge in [0.25, 0.3) is 5.91 Å². The van der Waals surface area contributed by atoms with Gasteiger partial charge in [-0.2, -0.15) is 9.78 Å². The summed E-state index contributed by atoms with van der Waals surface area (Å²) in [6.45, 7) is 6.50. The fraction of sp³-hybridized carbons (Fsp3) is 0.129. The number of benzene rings is 3. The van der Waals surface area contributed by atoms with Crippen LogP contribution in [0.1, 0.15) is 29.3 Å². The third-order valence-corrected chi connectivity index (χ3v) is 6.03. The van der Waals surface area contributed by atoms with Gasteiger partial charge in [-0.15, -0.1) is 0 Å². The molecule has 3 aromatic carbocycles. The van der Waals surface area contributed by atoms with Crippen LogP contribution in [-0.4, -0.2) is 27.3 Å². The van der Waals surface area contributed by atoms with Gasteiger partial charge in [0.1, 0.15) is 11.6 Å². The highest BCUT2D eigenvalue weighted by Crippen LogP contribution is 2.25. The van der Waals surface area contributed by atoms with E-state index in [-0.39, 0.29) is 5.91 Å². The van der Waals surface area contributed by atoms with Crippen LogP contribution in [-0.2, 0) is 4.79 Å². The lowest BCUT2D eigenvalue weighted by molar-refractivity contribution is -0.111. The first kappa shape index (κ1) is 24.0. The van der Waals surface area contributed by atoms with Crippen molar-refractivity contribution in [3.05, 3.63) is 113 Å². The number of nitrogens with one attached hydrogen (secondary N) is 1. The number of anilines is 1. The minimum atomic E-state index is -0.237. The second-order valence-corrected chi connectivity index (χ2v) is 8.78. The summed E-state index contributed by atoms with van der Waals surface area (Å²) in [7, 11) is 0. The molecule has 2 aromatic heterocycles. The Kier molecular flexibility index (Phi) is 6.81. The summed E-state index contributed by atoms with van der Waals surface area (Å²) in [5.74, 6) is 1.76. The van der Waals surface area contributed by atoms with Gasteiger partial charge in [-0.25, -0.2) is 4.98 Å². The van der Waals surface area contributed by atoms with E-state index in [0.29, 0.717) is 23.8 Å². The van der Waals surface area contributed by atoms with Crippen LogP contribution in [0.25, 0.3) is 28.4 Å². The molecular formula is C31H28N4O2. The number of aryl methyl sites for hydroxylation is 2. The van der Waals surface area contributed by atoms with Crippen LogP contribution in [0.15, 0.2) is 91.0 Å². The average Bonchev–Trinajstić information content (AvgIpc) is 3.28. The molecule has 0 radical (unpaired) electrons. The zero-order valence-electron chi connectivity index (χ0n) is 21.1. The Bertz CT molecular complexity index is 1590. The summed E-state index contributed by atoms with van der Waals surface area (Å²) in [6, 6.07) is 29.2. The molecule has 6 heteroatoms. The fourth-order valence-electron chi connectivity index (χ4n) is 4.28. The van der Waals surface area contributed by atoms with Crippen molar-refractivity contribution in [3.63, 3.8) is 0 Å². The van der Waals surface area contributed by atoms with Crippen molar-refractivity contribution in [1.82, 2.24) is 14.8 Å². The molecule has 0 unspecified atom stereocenters. The van der Waals surface area contributed by atoms with E-state index in [0.717, 1.165) is 39.0 Å². The van der Waals surface area contributed by atoms with Crippen molar-refractivity contribution < 1.29 is 9.53 Å². The lowest BCUT2D eigenvalue weighted by Gasteiger charge is -2.13. The van der Waals surface area contributed by atoms with Gasteiger partial charge in [0.2, 0.25) is 0 Å². The molecule has 5 aromatic rings. The van der Waals surface area contributed by atoms with E-state index in [4.69, 9.17) is 9.72 Å². The minimum Gasteiger partial charge on any atom is -0.494 e. The predicted molar refractivity (Wildman–Crippen MR) is 149 cm³/mol. The van der Waals surface area contributed by atoms with E-state index in [1.54, 1.807) is 4.68 Å². The van der Waals surface area contributed by atoms with E-state index >= 15 is 0 Å². The third kappa shape index (κ3) is 5.28. The molecule has 0 bridgehead atoms. The molecule has 1 N–H and O–H groups in total. The van der Waals surface area contributed by atoms with Crippen LogP contribution in [0.4, 0.5) is 5.82 Å². The molecule has 0 atom stereocenters. The summed E-state index contributed by atoms with van der Waals surface area (Å²) < 4.78 is 7.24. The molecule has 37 heavy (non-hydrogen) atoms. The second-order valence-electron chi connectivity index (χ2n) is 8.78. The van der Waals surface area contributed by atoms with Crippen molar-refractivity contribution in [2.75, 3.05) is 11.9 Å². The van der Waals surface area contributed by atoms with Crippen LogP contribution in [0, 0.1) is 13.8 Å². The van der Waals surface area contributed by atoms with Crippen molar-refractivity contribution in [3.8, 4) is 11.6 Å². The molecule has 0 aliphatic carbocycles. The molecule has 0 saturated heterocycles. The number of fused-ring (bicyclic) bond motifs is 1. The maximum atomic E-state index is 13.7.